The number of hydrogen-bond acceptors (Lipinski definition) is 2. The van der Waals surface area contributed by atoms with E-state index in [0.717, 1.165) is 11.8 Å². The normalized spacial score (nSPS) is 11.2. The second kappa shape index (κ2) is 8.67. The van der Waals surface area contributed by atoms with Crippen LogP contribution in [0.15, 0.2) is 48.7 Å². The van der Waals surface area contributed by atoms with E-state index in [1.165, 1.54) is 18.2 Å². The van der Waals surface area contributed by atoms with E-state index >= 15 is 0 Å². The van der Waals surface area contributed by atoms with Crippen LogP contribution in [0.25, 0.3) is 22.2 Å². The van der Waals surface area contributed by atoms with Gasteiger partial charge in [0.25, 0.3) is 0 Å². The summed E-state index contributed by atoms with van der Waals surface area (Å²) in [4.78, 5) is 15.2. The SMILES string of the molecule is Cc1ccnn1CCC(=O)NCCc1c(-c2ccc(F)cc2)[nH]c2c(F)cc(F)cc12. The second-order valence-corrected chi connectivity index (χ2v) is 7.34. The maximum Gasteiger partial charge on any atom is 0.221 e. The molecule has 0 unspecified atom stereocenters. The number of fused-ring (bicyclic) bond motifs is 1. The highest BCUT2D eigenvalue weighted by Crippen LogP contribution is 2.32. The maximum atomic E-state index is 14.3. The zero-order valence-corrected chi connectivity index (χ0v) is 16.9. The maximum absolute atomic E-state index is 14.3. The molecule has 4 aromatic rings. The van der Waals surface area contributed by atoms with Gasteiger partial charge in [-0.1, -0.05) is 0 Å². The first kappa shape index (κ1) is 20.7. The Morgan fingerprint density at radius 3 is 2.58 bits per heavy atom. The first-order valence-corrected chi connectivity index (χ1v) is 9.93. The molecule has 0 spiro atoms. The quantitative estimate of drug-likeness (QED) is 0.457. The van der Waals surface area contributed by atoms with E-state index in [0.29, 0.717) is 35.2 Å². The molecule has 31 heavy (non-hydrogen) atoms. The molecule has 2 aromatic heterocycles. The molecular formula is C23H21F3N4O. The fraction of sp³-hybridized carbons (Fsp3) is 0.217. The van der Waals surface area contributed by atoms with Crippen LogP contribution in [0.3, 0.4) is 0 Å². The molecule has 0 aliphatic rings. The summed E-state index contributed by atoms with van der Waals surface area (Å²) in [6, 6.07) is 9.70. The molecule has 0 saturated carbocycles. The number of nitrogens with zero attached hydrogens (tertiary/aromatic N) is 2. The highest BCUT2D eigenvalue weighted by molar-refractivity contribution is 5.91. The van der Waals surface area contributed by atoms with Crippen molar-refractivity contribution in [3.05, 3.63) is 77.4 Å². The minimum atomic E-state index is -0.705. The lowest BCUT2D eigenvalue weighted by atomic mass is 10.0. The largest absolute Gasteiger partial charge is 0.356 e. The van der Waals surface area contributed by atoms with Gasteiger partial charge in [0.15, 0.2) is 0 Å². The summed E-state index contributed by atoms with van der Waals surface area (Å²) in [6.45, 7) is 2.67. The number of H-pyrrole nitrogens is 1. The Bertz CT molecular complexity index is 1230. The van der Waals surface area contributed by atoms with Crippen LogP contribution >= 0.6 is 0 Å². The third kappa shape index (κ3) is 4.47. The second-order valence-electron chi connectivity index (χ2n) is 7.34. The van der Waals surface area contributed by atoms with Crippen LogP contribution in [0.1, 0.15) is 17.7 Å². The van der Waals surface area contributed by atoms with Gasteiger partial charge in [0.1, 0.15) is 17.5 Å². The van der Waals surface area contributed by atoms with Crippen LogP contribution in [0.4, 0.5) is 13.2 Å². The monoisotopic (exact) mass is 426 g/mol. The number of rotatable bonds is 7. The standard InChI is InChI=1S/C23H21F3N4O/c1-14-6-10-28-30(14)11-8-21(31)27-9-7-18-19-12-17(25)13-20(26)23(19)29-22(18)15-2-4-16(24)5-3-15/h2-6,10,12-13,29H,7-9,11H2,1H3,(H,27,31). The number of carbonyl (C=O) groups is 1. The van der Waals surface area contributed by atoms with Crippen LogP contribution in [0.2, 0.25) is 0 Å². The molecule has 8 heteroatoms. The minimum Gasteiger partial charge on any atom is -0.356 e. The molecule has 0 atom stereocenters. The number of benzene rings is 2. The highest BCUT2D eigenvalue weighted by Gasteiger charge is 2.17. The van der Waals surface area contributed by atoms with E-state index in [1.54, 1.807) is 23.0 Å². The predicted molar refractivity (Wildman–Crippen MR) is 112 cm³/mol. The van der Waals surface area contributed by atoms with Crippen LogP contribution in [-0.2, 0) is 17.8 Å². The van der Waals surface area contributed by atoms with Gasteiger partial charge < -0.3 is 10.3 Å². The summed E-state index contributed by atoms with van der Waals surface area (Å²) in [6.07, 6.45) is 2.30. The number of halogens is 3. The predicted octanol–water partition coefficient (Wildman–Crippen LogP) is 4.51. The average molecular weight is 426 g/mol. The lowest BCUT2D eigenvalue weighted by Gasteiger charge is -2.08. The van der Waals surface area contributed by atoms with Gasteiger partial charge in [0.05, 0.1) is 5.52 Å². The highest BCUT2D eigenvalue weighted by atomic mass is 19.1. The van der Waals surface area contributed by atoms with E-state index in [1.807, 2.05) is 13.0 Å². The Morgan fingerprint density at radius 1 is 1.10 bits per heavy atom. The van der Waals surface area contributed by atoms with Crippen LogP contribution < -0.4 is 5.32 Å². The van der Waals surface area contributed by atoms with Gasteiger partial charge >= 0.3 is 0 Å². The van der Waals surface area contributed by atoms with E-state index in [2.05, 4.69) is 15.4 Å². The van der Waals surface area contributed by atoms with E-state index in [4.69, 9.17) is 0 Å². The van der Waals surface area contributed by atoms with Crippen molar-refractivity contribution in [1.82, 2.24) is 20.1 Å². The number of amides is 1. The molecule has 2 heterocycles. The molecule has 1 amide bonds. The molecule has 0 aliphatic carbocycles. The fourth-order valence-corrected chi connectivity index (χ4v) is 3.65. The van der Waals surface area contributed by atoms with Gasteiger partial charge in [-0.3, -0.25) is 9.48 Å². The molecule has 0 radical (unpaired) electrons. The van der Waals surface area contributed by atoms with Gasteiger partial charge in [-0.05, 0) is 60.9 Å². The third-order valence-corrected chi connectivity index (χ3v) is 5.24. The van der Waals surface area contributed by atoms with Crippen molar-refractivity contribution in [2.45, 2.75) is 26.3 Å². The number of hydrogen-bond donors (Lipinski definition) is 2. The third-order valence-electron chi connectivity index (χ3n) is 5.24. The molecular weight excluding hydrogens is 405 g/mol. The Morgan fingerprint density at radius 2 is 1.87 bits per heavy atom. The molecule has 0 saturated heterocycles. The van der Waals surface area contributed by atoms with Crippen molar-refractivity contribution in [1.29, 1.82) is 0 Å². The summed E-state index contributed by atoms with van der Waals surface area (Å²) in [7, 11) is 0. The molecule has 2 aromatic carbocycles. The van der Waals surface area contributed by atoms with Crippen molar-refractivity contribution in [2.24, 2.45) is 0 Å². The summed E-state index contributed by atoms with van der Waals surface area (Å²) < 4.78 is 43.3. The molecule has 4 rings (SSSR count). The summed E-state index contributed by atoms with van der Waals surface area (Å²) in [5.41, 5.74) is 3.02. The zero-order chi connectivity index (χ0) is 22.0. The summed E-state index contributed by atoms with van der Waals surface area (Å²) in [5.74, 6) is -1.92. The Kier molecular flexibility index (Phi) is 5.79. The number of aryl methyl sites for hydroxylation is 2. The Hall–Kier alpha value is -3.55. The van der Waals surface area contributed by atoms with Crippen LogP contribution in [-0.4, -0.2) is 27.2 Å². The van der Waals surface area contributed by atoms with Crippen molar-refractivity contribution in [2.75, 3.05) is 6.54 Å². The smallest absolute Gasteiger partial charge is 0.221 e. The Balaban J connectivity index is 1.53. The minimum absolute atomic E-state index is 0.143. The zero-order valence-electron chi connectivity index (χ0n) is 16.9. The first-order chi connectivity index (χ1) is 14.9. The van der Waals surface area contributed by atoms with Gasteiger partial charge in [0, 0.05) is 48.5 Å². The van der Waals surface area contributed by atoms with Gasteiger partial charge in [0.2, 0.25) is 5.91 Å². The van der Waals surface area contributed by atoms with E-state index < -0.39 is 17.5 Å². The molecule has 0 aliphatic heterocycles. The topological polar surface area (TPSA) is 62.7 Å². The number of carbonyl (C=O) groups excluding carboxylic acids is 1. The molecule has 0 fully saturated rings. The van der Waals surface area contributed by atoms with Gasteiger partial charge in [-0.15, -0.1) is 0 Å². The van der Waals surface area contributed by atoms with Crippen molar-refractivity contribution in [3.8, 4) is 11.3 Å². The lowest BCUT2D eigenvalue weighted by Crippen LogP contribution is -2.27. The number of aromatic amines is 1. The number of aromatic nitrogens is 3. The fourth-order valence-electron chi connectivity index (χ4n) is 3.65. The van der Waals surface area contributed by atoms with Gasteiger partial charge in [-0.25, -0.2) is 13.2 Å². The summed E-state index contributed by atoms with van der Waals surface area (Å²) >= 11 is 0. The first-order valence-electron chi connectivity index (χ1n) is 9.93. The van der Waals surface area contributed by atoms with E-state index in [9.17, 15) is 18.0 Å². The molecule has 5 nitrogen and oxygen atoms in total. The van der Waals surface area contributed by atoms with Crippen LogP contribution in [0, 0.1) is 24.4 Å². The molecule has 0 bridgehead atoms. The van der Waals surface area contributed by atoms with Crippen molar-refractivity contribution < 1.29 is 18.0 Å². The number of nitrogens with one attached hydrogen (secondary N) is 2. The average Bonchev–Trinajstić information content (AvgIpc) is 3.31. The molecule has 160 valence electrons. The van der Waals surface area contributed by atoms with Crippen LogP contribution in [0.5, 0.6) is 0 Å². The van der Waals surface area contributed by atoms with E-state index in [-0.39, 0.29) is 24.4 Å². The van der Waals surface area contributed by atoms with Crippen molar-refractivity contribution >= 4 is 16.8 Å². The van der Waals surface area contributed by atoms with Crippen molar-refractivity contribution in [3.63, 3.8) is 0 Å². The summed E-state index contributed by atoms with van der Waals surface area (Å²) in [5, 5.41) is 7.39. The lowest BCUT2D eigenvalue weighted by molar-refractivity contribution is -0.121. The molecule has 2 N–H and O–H groups in total. The Labute approximate surface area is 176 Å². The van der Waals surface area contributed by atoms with Gasteiger partial charge in [-0.2, -0.15) is 5.10 Å².